The molecule has 3 nitrogen and oxygen atoms in total. The van der Waals surface area contributed by atoms with Gasteiger partial charge in [-0.3, -0.25) is 4.79 Å². The van der Waals surface area contributed by atoms with Crippen molar-refractivity contribution in [3.8, 4) is 0 Å². The van der Waals surface area contributed by atoms with E-state index in [2.05, 4.69) is 5.32 Å². The molecule has 2 fully saturated rings. The first kappa shape index (κ1) is 13.1. The third-order valence-corrected chi connectivity index (χ3v) is 4.52. The molecule has 0 spiro atoms. The van der Waals surface area contributed by atoms with Gasteiger partial charge in [-0.05, 0) is 49.7 Å². The van der Waals surface area contributed by atoms with Crippen LogP contribution in [0.25, 0.3) is 0 Å². The van der Waals surface area contributed by atoms with Crippen molar-refractivity contribution < 1.29 is 4.79 Å². The van der Waals surface area contributed by atoms with E-state index in [0.717, 1.165) is 0 Å². The van der Waals surface area contributed by atoms with E-state index < -0.39 is 0 Å². The van der Waals surface area contributed by atoms with Gasteiger partial charge in [0.15, 0.2) is 0 Å². The summed E-state index contributed by atoms with van der Waals surface area (Å²) in [6.45, 7) is 0. The molecule has 1 aromatic carbocycles. The van der Waals surface area contributed by atoms with Crippen LogP contribution in [-0.4, -0.2) is 11.9 Å². The summed E-state index contributed by atoms with van der Waals surface area (Å²) in [5.41, 5.74) is 6.48. The normalized spacial score (nSPS) is 18.7. The van der Waals surface area contributed by atoms with Crippen molar-refractivity contribution >= 4 is 34.8 Å². The van der Waals surface area contributed by atoms with Gasteiger partial charge >= 0.3 is 0 Å². The highest BCUT2D eigenvalue weighted by Gasteiger charge is 2.42. The van der Waals surface area contributed by atoms with Gasteiger partial charge in [0.25, 0.3) is 5.91 Å². The molecular weight excluding hydrogens is 283 g/mol. The first-order valence-electron chi connectivity index (χ1n) is 6.61. The number of benzene rings is 1. The predicted octanol–water partition coefficient (Wildman–Crippen LogP) is 3.49. The van der Waals surface area contributed by atoms with Crippen molar-refractivity contribution in [3.05, 3.63) is 27.7 Å². The van der Waals surface area contributed by atoms with Crippen LogP contribution in [0.4, 0.5) is 5.69 Å². The van der Waals surface area contributed by atoms with Gasteiger partial charge in [-0.2, -0.15) is 0 Å². The lowest BCUT2D eigenvalue weighted by molar-refractivity contribution is 0.0926. The summed E-state index contributed by atoms with van der Waals surface area (Å²) in [4.78, 5) is 12.3. The minimum atomic E-state index is -0.104. The van der Waals surface area contributed by atoms with Crippen molar-refractivity contribution in [2.75, 3.05) is 5.73 Å². The molecule has 0 saturated heterocycles. The molecule has 0 atom stereocenters. The van der Waals surface area contributed by atoms with Gasteiger partial charge in [0.2, 0.25) is 0 Å². The highest BCUT2D eigenvalue weighted by Crippen LogP contribution is 2.44. The Morgan fingerprint density at radius 1 is 1.16 bits per heavy atom. The van der Waals surface area contributed by atoms with Crippen LogP contribution in [0.1, 0.15) is 36.0 Å². The molecule has 0 radical (unpaired) electrons. The lowest BCUT2D eigenvalue weighted by Gasteiger charge is -2.18. The van der Waals surface area contributed by atoms with Gasteiger partial charge in [0, 0.05) is 11.6 Å². The van der Waals surface area contributed by atoms with E-state index in [1.165, 1.54) is 25.7 Å². The highest BCUT2D eigenvalue weighted by atomic mass is 35.5. The molecule has 3 rings (SSSR count). The first-order chi connectivity index (χ1) is 9.06. The van der Waals surface area contributed by atoms with E-state index in [1.807, 2.05) is 0 Å². The van der Waals surface area contributed by atoms with Gasteiger partial charge in [0.1, 0.15) is 0 Å². The average Bonchev–Trinajstić information content (AvgIpc) is 3.25. The number of hydrogen-bond acceptors (Lipinski definition) is 2. The Bertz CT molecular complexity index is 489. The number of carbonyl (C=O) groups is 1. The molecule has 5 heteroatoms. The summed E-state index contributed by atoms with van der Waals surface area (Å²) in [5.74, 6) is 1.22. The number of anilines is 1. The lowest BCUT2D eigenvalue weighted by atomic mass is 10.1. The van der Waals surface area contributed by atoms with Crippen LogP contribution in [0.2, 0.25) is 10.0 Å². The van der Waals surface area contributed by atoms with Crippen molar-refractivity contribution in [3.63, 3.8) is 0 Å². The number of amides is 1. The van der Waals surface area contributed by atoms with Crippen molar-refractivity contribution in [1.82, 2.24) is 5.32 Å². The maximum Gasteiger partial charge on any atom is 0.251 e. The molecule has 2 aliphatic rings. The van der Waals surface area contributed by atoms with Crippen LogP contribution in [-0.2, 0) is 0 Å². The van der Waals surface area contributed by atoms with Crippen LogP contribution in [0, 0.1) is 11.8 Å². The first-order valence-corrected chi connectivity index (χ1v) is 7.37. The Morgan fingerprint density at radius 2 is 1.63 bits per heavy atom. The van der Waals surface area contributed by atoms with E-state index in [9.17, 15) is 4.79 Å². The molecule has 0 bridgehead atoms. The Labute approximate surface area is 122 Å². The summed E-state index contributed by atoms with van der Waals surface area (Å²) >= 11 is 11.9. The Hall–Kier alpha value is -0.930. The molecule has 1 amide bonds. The number of hydrogen-bond donors (Lipinski definition) is 2. The zero-order valence-corrected chi connectivity index (χ0v) is 12.0. The summed E-state index contributed by atoms with van der Waals surface area (Å²) in [5, 5.41) is 3.79. The van der Waals surface area contributed by atoms with E-state index in [4.69, 9.17) is 28.9 Å². The topological polar surface area (TPSA) is 55.1 Å². The SMILES string of the molecule is Nc1c(Cl)cc(C(=O)NC(C2CC2)C2CC2)cc1Cl. The highest BCUT2D eigenvalue weighted by molar-refractivity contribution is 6.39. The number of halogens is 2. The third kappa shape index (κ3) is 2.82. The predicted molar refractivity (Wildman–Crippen MR) is 77.6 cm³/mol. The number of nitrogens with one attached hydrogen (secondary N) is 1. The molecule has 0 heterocycles. The zero-order valence-electron chi connectivity index (χ0n) is 10.5. The van der Waals surface area contributed by atoms with E-state index in [-0.39, 0.29) is 5.91 Å². The second kappa shape index (κ2) is 4.88. The molecule has 0 aliphatic heterocycles. The fourth-order valence-electron chi connectivity index (χ4n) is 2.48. The van der Waals surface area contributed by atoms with Gasteiger partial charge < -0.3 is 11.1 Å². The molecule has 3 N–H and O–H groups in total. The van der Waals surface area contributed by atoms with Crippen LogP contribution in [0.5, 0.6) is 0 Å². The molecule has 2 aliphatic carbocycles. The number of carbonyl (C=O) groups excluding carboxylic acids is 1. The largest absolute Gasteiger partial charge is 0.396 e. The van der Waals surface area contributed by atoms with Crippen LogP contribution in [0.3, 0.4) is 0 Å². The standard InChI is InChI=1S/C14H16Cl2N2O/c15-10-5-9(6-11(16)12(10)17)14(19)18-13(7-1-2-7)8-3-4-8/h5-8,13H,1-4,17H2,(H,18,19). The second-order valence-electron chi connectivity index (χ2n) is 5.53. The molecule has 0 unspecified atom stereocenters. The van der Waals surface area contributed by atoms with Crippen molar-refractivity contribution in [2.24, 2.45) is 11.8 Å². The van der Waals surface area contributed by atoms with Crippen LogP contribution < -0.4 is 11.1 Å². The summed E-state index contributed by atoms with van der Waals surface area (Å²) in [6.07, 6.45) is 4.91. The molecule has 19 heavy (non-hydrogen) atoms. The summed E-state index contributed by atoms with van der Waals surface area (Å²) in [6, 6.07) is 3.48. The average molecular weight is 299 g/mol. The maximum atomic E-state index is 12.3. The fraction of sp³-hybridized carbons (Fsp3) is 0.500. The Morgan fingerprint density at radius 3 is 2.05 bits per heavy atom. The minimum Gasteiger partial charge on any atom is -0.396 e. The number of nitrogen functional groups attached to an aromatic ring is 1. The van der Waals surface area contributed by atoms with Crippen LogP contribution >= 0.6 is 23.2 Å². The zero-order chi connectivity index (χ0) is 13.6. The Balaban J connectivity index is 1.76. The lowest BCUT2D eigenvalue weighted by Crippen LogP contribution is -2.38. The molecule has 2 saturated carbocycles. The van der Waals surface area contributed by atoms with E-state index >= 15 is 0 Å². The van der Waals surface area contributed by atoms with Gasteiger partial charge in [-0.15, -0.1) is 0 Å². The van der Waals surface area contributed by atoms with Gasteiger partial charge in [0.05, 0.1) is 15.7 Å². The maximum absolute atomic E-state index is 12.3. The minimum absolute atomic E-state index is 0.104. The molecular formula is C14H16Cl2N2O. The number of rotatable bonds is 4. The number of nitrogens with two attached hydrogens (primary N) is 1. The van der Waals surface area contributed by atoms with Crippen molar-refractivity contribution in [2.45, 2.75) is 31.7 Å². The molecule has 0 aromatic heterocycles. The molecule has 1 aromatic rings. The van der Waals surface area contributed by atoms with Gasteiger partial charge in [-0.1, -0.05) is 23.2 Å². The summed E-state index contributed by atoms with van der Waals surface area (Å²) < 4.78 is 0. The van der Waals surface area contributed by atoms with E-state index in [1.54, 1.807) is 12.1 Å². The van der Waals surface area contributed by atoms with Crippen molar-refractivity contribution in [1.29, 1.82) is 0 Å². The monoisotopic (exact) mass is 298 g/mol. The van der Waals surface area contributed by atoms with Crippen LogP contribution in [0.15, 0.2) is 12.1 Å². The smallest absolute Gasteiger partial charge is 0.251 e. The fourth-order valence-corrected chi connectivity index (χ4v) is 2.97. The summed E-state index contributed by atoms with van der Waals surface area (Å²) in [7, 11) is 0. The van der Waals surface area contributed by atoms with E-state index in [0.29, 0.717) is 39.2 Å². The Kier molecular flexibility index (Phi) is 3.35. The molecule has 102 valence electrons. The van der Waals surface area contributed by atoms with Gasteiger partial charge in [-0.25, -0.2) is 0 Å². The second-order valence-corrected chi connectivity index (χ2v) is 6.34. The quantitative estimate of drug-likeness (QED) is 0.836. The third-order valence-electron chi connectivity index (χ3n) is 3.90.